The highest BCUT2D eigenvalue weighted by Gasteiger charge is 2.22. The first-order chi connectivity index (χ1) is 7.96. The Kier molecular flexibility index (Phi) is 3.05. The van der Waals surface area contributed by atoms with Crippen molar-refractivity contribution in [2.45, 2.75) is 39.2 Å². The fourth-order valence-electron chi connectivity index (χ4n) is 1.94. The first-order valence-corrected chi connectivity index (χ1v) is 5.97. The largest absolute Gasteiger partial charge is 0.457 e. The van der Waals surface area contributed by atoms with Crippen molar-refractivity contribution in [1.29, 1.82) is 0 Å². The van der Waals surface area contributed by atoms with E-state index < -0.39 is 5.60 Å². The van der Waals surface area contributed by atoms with Crippen LogP contribution in [0.3, 0.4) is 0 Å². The normalized spacial score (nSPS) is 14.9. The highest BCUT2D eigenvalue weighted by molar-refractivity contribution is 5.94. The van der Waals surface area contributed by atoms with Gasteiger partial charge in [-0.25, -0.2) is 4.79 Å². The van der Waals surface area contributed by atoms with Crippen LogP contribution in [0.25, 0.3) is 6.08 Å². The van der Waals surface area contributed by atoms with Crippen LogP contribution in [0.15, 0.2) is 29.8 Å². The molecule has 1 aliphatic rings. The van der Waals surface area contributed by atoms with Gasteiger partial charge in [0.25, 0.3) is 0 Å². The minimum atomic E-state index is -0.422. The maximum atomic E-state index is 11.9. The van der Waals surface area contributed by atoms with Crippen LogP contribution in [0.5, 0.6) is 0 Å². The molecular weight excluding hydrogens is 212 g/mol. The number of fused-ring (bicyclic) bond motifs is 1. The lowest BCUT2D eigenvalue weighted by Crippen LogP contribution is -2.25. The maximum absolute atomic E-state index is 11.9. The molecule has 90 valence electrons. The molecule has 0 saturated carbocycles. The molecule has 0 aliphatic heterocycles. The summed E-state index contributed by atoms with van der Waals surface area (Å²) in [6.07, 6.45) is 3.64. The second kappa shape index (κ2) is 4.36. The van der Waals surface area contributed by atoms with Crippen LogP contribution in [-0.2, 0) is 16.0 Å². The van der Waals surface area contributed by atoms with E-state index in [4.69, 9.17) is 4.74 Å². The zero-order chi connectivity index (χ0) is 12.5. The minimum Gasteiger partial charge on any atom is -0.457 e. The number of esters is 1. The molecule has 17 heavy (non-hydrogen) atoms. The Morgan fingerprint density at radius 2 is 1.88 bits per heavy atom. The summed E-state index contributed by atoms with van der Waals surface area (Å²) in [4.78, 5) is 11.9. The Hall–Kier alpha value is -1.57. The first kappa shape index (κ1) is 11.9. The van der Waals surface area contributed by atoms with Gasteiger partial charge in [-0.05, 0) is 50.8 Å². The molecule has 1 aromatic rings. The summed E-state index contributed by atoms with van der Waals surface area (Å²) >= 11 is 0. The Balaban J connectivity index is 2.20. The second-order valence-electron chi connectivity index (χ2n) is 5.37. The van der Waals surface area contributed by atoms with Crippen molar-refractivity contribution in [3.05, 3.63) is 41.0 Å². The summed E-state index contributed by atoms with van der Waals surface area (Å²) in [5, 5.41) is 0. The number of ether oxygens (including phenoxy) is 1. The van der Waals surface area contributed by atoms with Crippen molar-refractivity contribution >= 4 is 12.0 Å². The summed E-state index contributed by atoms with van der Waals surface area (Å²) in [5.41, 5.74) is 2.80. The van der Waals surface area contributed by atoms with Crippen LogP contribution in [0, 0.1) is 0 Å². The highest BCUT2D eigenvalue weighted by atomic mass is 16.6. The van der Waals surface area contributed by atoms with Crippen molar-refractivity contribution in [2.24, 2.45) is 0 Å². The van der Waals surface area contributed by atoms with Gasteiger partial charge in [0.05, 0.1) is 0 Å². The Morgan fingerprint density at radius 3 is 2.59 bits per heavy atom. The molecule has 1 aromatic carbocycles. The predicted molar refractivity (Wildman–Crippen MR) is 68.6 cm³/mol. The Morgan fingerprint density at radius 1 is 1.18 bits per heavy atom. The van der Waals surface area contributed by atoms with E-state index in [9.17, 15) is 4.79 Å². The van der Waals surface area contributed by atoms with Crippen LogP contribution in [0.2, 0.25) is 0 Å². The number of benzene rings is 1. The summed E-state index contributed by atoms with van der Waals surface area (Å²) in [5.74, 6) is -0.188. The molecule has 0 saturated heterocycles. The van der Waals surface area contributed by atoms with Gasteiger partial charge in [0.15, 0.2) is 0 Å². The summed E-state index contributed by atoms with van der Waals surface area (Å²) in [6.45, 7) is 5.67. The standard InChI is InChI=1S/C15H18O2/c1-15(2,3)17-14(16)13-9-8-11-6-4-5-7-12(11)10-13/h4-7,10H,8-9H2,1-3H3. The van der Waals surface area contributed by atoms with Crippen molar-refractivity contribution < 1.29 is 9.53 Å². The van der Waals surface area contributed by atoms with Gasteiger partial charge in [-0.2, -0.15) is 0 Å². The van der Waals surface area contributed by atoms with Crippen LogP contribution >= 0.6 is 0 Å². The quantitative estimate of drug-likeness (QED) is 0.691. The number of carbonyl (C=O) groups is 1. The molecule has 0 N–H and O–H groups in total. The molecular formula is C15H18O2. The second-order valence-corrected chi connectivity index (χ2v) is 5.37. The third kappa shape index (κ3) is 2.96. The van der Waals surface area contributed by atoms with E-state index in [1.165, 1.54) is 5.56 Å². The molecule has 1 aliphatic carbocycles. The van der Waals surface area contributed by atoms with E-state index >= 15 is 0 Å². The summed E-state index contributed by atoms with van der Waals surface area (Å²) < 4.78 is 5.38. The van der Waals surface area contributed by atoms with Crippen molar-refractivity contribution in [3.8, 4) is 0 Å². The molecule has 0 unspecified atom stereocenters. The molecule has 0 aromatic heterocycles. The van der Waals surface area contributed by atoms with Crippen LogP contribution < -0.4 is 0 Å². The van der Waals surface area contributed by atoms with Crippen molar-refractivity contribution in [1.82, 2.24) is 0 Å². The van der Waals surface area contributed by atoms with Gasteiger partial charge < -0.3 is 4.74 Å². The van der Waals surface area contributed by atoms with Gasteiger partial charge in [-0.3, -0.25) is 0 Å². The number of hydrogen-bond donors (Lipinski definition) is 0. The number of hydrogen-bond acceptors (Lipinski definition) is 2. The van der Waals surface area contributed by atoms with Crippen LogP contribution in [-0.4, -0.2) is 11.6 Å². The first-order valence-electron chi connectivity index (χ1n) is 5.97. The van der Waals surface area contributed by atoms with Crippen LogP contribution in [0.1, 0.15) is 38.3 Å². The zero-order valence-electron chi connectivity index (χ0n) is 10.6. The van der Waals surface area contributed by atoms with E-state index in [2.05, 4.69) is 6.07 Å². The number of carbonyl (C=O) groups excluding carboxylic acids is 1. The lowest BCUT2D eigenvalue weighted by molar-refractivity contribution is -0.149. The van der Waals surface area contributed by atoms with Crippen LogP contribution in [0.4, 0.5) is 0 Å². The average molecular weight is 230 g/mol. The van der Waals surface area contributed by atoms with E-state index in [0.29, 0.717) is 0 Å². The molecule has 0 radical (unpaired) electrons. The van der Waals surface area contributed by atoms with Gasteiger partial charge in [-0.15, -0.1) is 0 Å². The SMILES string of the molecule is CC(C)(C)OC(=O)C1=Cc2ccccc2CC1. The molecule has 2 heteroatoms. The fraction of sp³-hybridized carbons (Fsp3) is 0.400. The Bertz CT molecular complexity index is 464. The topological polar surface area (TPSA) is 26.3 Å². The molecule has 0 amide bonds. The van der Waals surface area contributed by atoms with Gasteiger partial charge >= 0.3 is 5.97 Å². The molecule has 0 spiro atoms. The lowest BCUT2D eigenvalue weighted by atomic mass is 9.92. The molecule has 0 heterocycles. The van der Waals surface area contributed by atoms with Gasteiger partial charge in [0.1, 0.15) is 5.60 Å². The van der Waals surface area contributed by atoms with E-state index in [0.717, 1.165) is 24.0 Å². The smallest absolute Gasteiger partial charge is 0.334 e. The van der Waals surface area contributed by atoms with Gasteiger partial charge in [-0.1, -0.05) is 24.3 Å². The molecule has 0 fully saturated rings. The van der Waals surface area contributed by atoms with Crippen molar-refractivity contribution in [2.75, 3.05) is 0 Å². The number of aryl methyl sites for hydroxylation is 1. The van der Waals surface area contributed by atoms with Gasteiger partial charge in [0.2, 0.25) is 0 Å². The maximum Gasteiger partial charge on any atom is 0.334 e. The summed E-state index contributed by atoms with van der Waals surface area (Å²) in [7, 11) is 0. The molecule has 2 nitrogen and oxygen atoms in total. The lowest BCUT2D eigenvalue weighted by Gasteiger charge is -2.22. The van der Waals surface area contributed by atoms with E-state index in [1.807, 2.05) is 45.0 Å². The van der Waals surface area contributed by atoms with Crippen molar-refractivity contribution in [3.63, 3.8) is 0 Å². The number of rotatable bonds is 1. The minimum absolute atomic E-state index is 0.188. The predicted octanol–water partition coefficient (Wildman–Crippen LogP) is 3.36. The average Bonchev–Trinajstić information content (AvgIpc) is 2.26. The molecule has 0 bridgehead atoms. The third-order valence-electron chi connectivity index (χ3n) is 2.71. The zero-order valence-corrected chi connectivity index (χ0v) is 10.6. The monoisotopic (exact) mass is 230 g/mol. The summed E-state index contributed by atoms with van der Waals surface area (Å²) in [6, 6.07) is 8.18. The highest BCUT2D eigenvalue weighted by Crippen LogP contribution is 2.25. The van der Waals surface area contributed by atoms with E-state index in [-0.39, 0.29) is 5.97 Å². The fourth-order valence-corrected chi connectivity index (χ4v) is 1.94. The molecule has 2 rings (SSSR count). The molecule has 0 atom stereocenters. The third-order valence-corrected chi connectivity index (χ3v) is 2.71. The van der Waals surface area contributed by atoms with Gasteiger partial charge in [0, 0.05) is 5.57 Å². The Labute approximate surface area is 102 Å². The van der Waals surface area contributed by atoms with E-state index in [1.54, 1.807) is 0 Å².